The molecule has 3 rings (SSSR count). The highest BCUT2D eigenvalue weighted by molar-refractivity contribution is 5.65. The van der Waals surface area contributed by atoms with Crippen LogP contribution in [-0.4, -0.2) is 45.6 Å². The average Bonchev–Trinajstić information content (AvgIpc) is 2.67. The van der Waals surface area contributed by atoms with E-state index in [1.807, 2.05) is 0 Å². The number of nitrogens with zero attached hydrogens (tertiary/aromatic N) is 3. The van der Waals surface area contributed by atoms with Crippen LogP contribution < -0.4 is 10.6 Å². The molecule has 1 aliphatic carbocycles. The van der Waals surface area contributed by atoms with Crippen LogP contribution in [0, 0.1) is 0 Å². The smallest absolute Gasteiger partial charge is 0.406 e. The third-order valence-electron chi connectivity index (χ3n) is 3.77. The highest BCUT2D eigenvalue weighted by Gasteiger charge is 2.32. The van der Waals surface area contributed by atoms with Crippen LogP contribution in [-0.2, 0) is 4.74 Å². The zero-order valence-corrected chi connectivity index (χ0v) is 14.6. The van der Waals surface area contributed by atoms with E-state index < -0.39 is 6.36 Å². The normalized spacial score (nSPS) is 16.4. The Morgan fingerprint density at radius 3 is 2.75 bits per heavy atom. The van der Waals surface area contributed by atoms with E-state index in [2.05, 4.69) is 30.3 Å². The average molecular weight is 393 g/mol. The van der Waals surface area contributed by atoms with E-state index in [9.17, 15) is 13.2 Å². The number of aliphatic hydroxyl groups is 1. The van der Waals surface area contributed by atoms with Crippen molar-refractivity contribution in [3.05, 3.63) is 54.7 Å². The van der Waals surface area contributed by atoms with Crippen LogP contribution in [0.2, 0.25) is 0 Å². The maximum atomic E-state index is 12.2. The first-order valence-electron chi connectivity index (χ1n) is 8.47. The zero-order chi connectivity index (χ0) is 20.0. The third kappa shape index (κ3) is 5.68. The van der Waals surface area contributed by atoms with Gasteiger partial charge in [-0.3, -0.25) is 0 Å². The van der Waals surface area contributed by atoms with E-state index in [0.717, 1.165) is 5.56 Å². The molecule has 0 saturated heterocycles. The molecule has 0 aliphatic heterocycles. The Morgan fingerprint density at radius 1 is 1.18 bits per heavy atom. The van der Waals surface area contributed by atoms with Gasteiger partial charge in [0.15, 0.2) is 0 Å². The molecule has 0 aromatic carbocycles. The van der Waals surface area contributed by atoms with Crippen molar-refractivity contribution >= 4 is 11.6 Å². The first kappa shape index (κ1) is 19.6. The second-order valence-electron chi connectivity index (χ2n) is 5.87. The predicted molar refractivity (Wildman–Crippen MR) is 97.2 cm³/mol. The number of pyridine rings is 1. The van der Waals surface area contributed by atoms with E-state index in [1.165, 1.54) is 18.5 Å². The van der Waals surface area contributed by atoms with Gasteiger partial charge < -0.3 is 20.5 Å². The number of alkyl halides is 3. The number of anilines is 2. The van der Waals surface area contributed by atoms with Crippen LogP contribution in [0.4, 0.5) is 24.8 Å². The van der Waals surface area contributed by atoms with Crippen LogP contribution in [0.5, 0.6) is 0 Å². The molecule has 28 heavy (non-hydrogen) atoms. The number of ether oxygens (including phenoxy) is 1. The molecule has 0 bridgehead atoms. The van der Waals surface area contributed by atoms with Gasteiger partial charge in [0.2, 0.25) is 0 Å². The molecule has 0 radical (unpaired) electrons. The molecular formula is C18H18F3N5O2. The minimum absolute atomic E-state index is 0.00738. The predicted octanol–water partition coefficient (Wildman–Crippen LogP) is 3.10. The molecular weight excluding hydrogens is 375 g/mol. The van der Waals surface area contributed by atoms with Gasteiger partial charge in [-0.1, -0.05) is 6.08 Å². The van der Waals surface area contributed by atoms with Gasteiger partial charge in [-0.2, -0.15) is 0 Å². The fraction of sp³-hybridized carbons (Fsp3) is 0.278. The molecule has 2 aromatic heterocycles. The molecule has 1 atom stereocenters. The summed E-state index contributed by atoms with van der Waals surface area (Å²) in [5, 5.41) is 15.0. The Kier molecular flexibility index (Phi) is 6.09. The monoisotopic (exact) mass is 393 g/mol. The van der Waals surface area contributed by atoms with E-state index in [1.54, 1.807) is 30.5 Å². The molecule has 0 spiro atoms. The minimum atomic E-state index is -4.70. The lowest BCUT2D eigenvalue weighted by Gasteiger charge is -2.19. The zero-order valence-electron chi connectivity index (χ0n) is 14.6. The molecule has 0 fully saturated rings. The van der Waals surface area contributed by atoms with Crippen LogP contribution in [0.1, 0.15) is 6.42 Å². The number of rotatable bonds is 7. The molecule has 7 nitrogen and oxygen atoms in total. The summed E-state index contributed by atoms with van der Waals surface area (Å²) in [6.45, 7) is 0.376. The summed E-state index contributed by atoms with van der Waals surface area (Å²) in [6.07, 6.45) is 2.89. The number of nitrogens with one attached hydrogen (secondary N) is 2. The summed E-state index contributed by atoms with van der Waals surface area (Å²) < 4.78 is 40.6. The Bertz CT molecular complexity index is 870. The molecule has 0 saturated carbocycles. The summed E-state index contributed by atoms with van der Waals surface area (Å²) in [5.41, 5.74) is 1.46. The van der Waals surface area contributed by atoms with E-state index in [0.29, 0.717) is 30.3 Å². The highest BCUT2D eigenvalue weighted by Crippen LogP contribution is 2.25. The molecule has 0 amide bonds. The van der Waals surface area contributed by atoms with Crippen molar-refractivity contribution in [2.75, 3.05) is 23.8 Å². The second kappa shape index (κ2) is 8.70. The number of aromatic nitrogens is 3. The van der Waals surface area contributed by atoms with Crippen molar-refractivity contribution in [3.63, 3.8) is 0 Å². The summed E-state index contributed by atoms with van der Waals surface area (Å²) in [7, 11) is 0. The van der Waals surface area contributed by atoms with E-state index >= 15 is 0 Å². The Labute approximate surface area is 159 Å². The van der Waals surface area contributed by atoms with E-state index in [4.69, 9.17) is 5.11 Å². The Hall–Kier alpha value is -3.14. The molecule has 10 heteroatoms. The molecule has 1 unspecified atom stereocenters. The first-order valence-corrected chi connectivity index (χ1v) is 8.47. The minimum Gasteiger partial charge on any atom is -0.406 e. The van der Waals surface area contributed by atoms with Gasteiger partial charge in [0.25, 0.3) is 0 Å². The Morgan fingerprint density at radius 2 is 2.04 bits per heavy atom. The molecule has 3 N–H and O–H groups in total. The van der Waals surface area contributed by atoms with Crippen LogP contribution in [0.25, 0.3) is 11.3 Å². The number of hydrogen-bond donors (Lipinski definition) is 3. The van der Waals surface area contributed by atoms with Crippen LogP contribution in [0.3, 0.4) is 0 Å². The van der Waals surface area contributed by atoms with Gasteiger partial charge in [-0.05, 0) is 30.7 Å². The fourth-order valence-electron chi connectivity index (χ4n) is 2.57. The van der Waals surface area contributed by atoms with Crippen molar-refractivity contribution in [1.29, 1.82) is 0 Å². The summed E-state index contributed by atoms with van der Waals surface area (Å²) in [4.78, 5) is 12.6. The van der Waals surface area contributed by atoms with Crippen LogP contribution >= 0.6 is 0 Å². The maximum Gasteiger partial charge on any atom is 0.573 e. The van der Waals surface area contributed by atoms with Gasteiger partial charge in [-0.15, -0.1) is 13.2 Å². The summed E-state index contributed by atoms with van der Waals surface area (Å²) in [6, 6.07) is 5.11. The lowest BCUT2D eigenvalue weighted by Crippen LogP contribution is -2.20. The van der Waals surface area contributed by atoms with Crippen molar-refractivity contribution < 1.29 is 23.0 Å². The number of hydrogen-bond acceptors (Lipinski definition) is 7. The van der Waals surface area contributed by atoms with Crippen molar-refractivity contribution in [3.8, 4) is 11.3 Å². The molecule has 148 valence electrons. The van der Waals surface area contributed by atoms with Gasteiger partial charge in [0, 0.05) is 30.4 Å². The van der Waals surface area contributed by atoms with Crippen molar-refractivity contribution in [2.24, 2.45) is 0 Å². The molecule has 2 aromatic rings. The number of aliphatic hydroxyl groups excluding tert-OH is 1. The lowest BCUT2D eigenvalue weighted by atomic mass is 10.1. The Balaban J connectivity index is 1.66. The SMILES string of the molecule is OCCNc1cc(-c2cc(NC3C=CC(OC(F)(F)F)=CC3)ncn2)ccn1. The number of allylic oxidation sites excluding steroid dienone is 1. The van der Waals surface area contributed by atoms with Crippen LogP contribution in [0.15, 0.2) is 54.7 Å². The highest BCUT2D eigenvalue weighted by atomic mass is 19.4. The maximum absolute atomic E-state index is 12.2. The lowest BCUT2D eigenvalue weighted by molar-refractivity contribution is -0.303. The topological polar surface area (TPSA) is 92.2 Å². The largest absolute Gasteiger partial charge is 0.573 e. The quantitative estimate of drug-likeness (QED) is 0.666. The standard InChI is InChI=1S/C18H18F3N5O2/c19-18(20,21)28-14-3-1-13(2-4-14)26-17-10-15(24-11-25-17)12-5-6-22-16(9-12)23-7-8-27/h1,3-6,9-11,13,27H,2,7-8H2,(H,22,23)(H,24,25,26). The molecule has 1 aliphatic rings. The molecule has 2 heterocycles. The summed E-state index contributed by atoms with van der Waals surface area (Å²) >= 11 is 0. The van der Waals surface area contributed by atoms with Gasteiger partial charge in [-0.25, -0.2) is 15.0 Å². The third-order valence-corrected chi connectivity index (χ3v) is 3.77. The van der Waals surface area contributed by atoms with Gasteiger partial charge in [0.1, 0.15) is 23.7 Å². The number of halogens is 3. The van der Waals surface area contributed by atoms with Gasteiger partial charge >= 0.3 is 6.36 Å². The van der Waals surface area contributed by atoms with Gasteiger partial charge in [0.05, 0.1) is 12.3 Å². The summed E-state index contributed by atoms with van der Waals surface area (Å²) in [5.74, 6) is 0.917. The second-order valence-corrected chi connectivity index (χ2v) is 5.87. The van der Waals surface area contributed by atoms with Crippen molar-refractivity contribution in [1.82, 2.24) is 15.0 Å². The fourth-order valence-corrected chi connectivity index (χ4v) is 2.57. The first-order chi connectivity index (χ1) is 13.4. The van der Waals surface area contributed by atoms with E-state index in [-0.39, 0.29) is 18.4 Å². The van der Waals surface area contributed by atoms with Crippen molar-refractivity contribution in [2.45, 2.75) is 18.8 Å².